The highest BCUT2D eigenvalue weighted by atomic mass is 19.4. The van der Waals surface area contributed by atoms with Gasteiger partial charge in [-0.15, -0.1) is 0 Å². The van der Waals surface area contributed by atoms with Gasteiger partial charge in [0, 0.05) is 32.4 Å². The van der Waals surface area contributed by atoms with Crippen molar-refractivity contribution >= 4 is 11.8 Å². The minimum absolute atomic E-state index is 0.149. The largest absolute Gasteiger partial charge is 0.419 e. The SMILES string of the molecule is CCNC(=NCC1CCCO1)NCCNc1ncccc1C(F)(F)F. The van der Waals surface area contributed by atoms with Crippen LogP contribution in [0.3, 0.4) is 0 Å². The van der Waals surface area contributed by atoms with Gasteiger partial charge in [0.25, 0.3) is 0 Å². The summed E-state index contributed by atoms with van der Waals surface area (Å²) in [5, 5.41) is 8.90. The highest BCUT2D eigenvalue weighted by Gasteiger charge is 2.33. The van der Waals surface area contributed by atoms with Crippen LogP contribution in [0, 0.1) is 0 Å². The van der Waals surface area contributed by atoms with Crippen LogP contribution in [0.5, 0.6) is 0 Å². The van der Waals surface area contributed by atoms with Crippen molar-refractivity contribution in [2.24, 2.45) is 4.99 Å². The number of aliphatic imine (C=N–C) groups is 1. The monoisotopic (exact) mass is 359 g/mol. The normalized spacial score (nSPS) is 18.2. The van der Waals surface area contributed by atoms with Crippen LogP contribution in [-0.2, 0) is 10.9 Å². The number of alkyl halides is 3. The molecule has 1 aliphatic heterocycles. The molecule has 0 bridgehead atoms. The molecule has 0 amide bonds. The van der Waals surface area contributed by atoms with Crippen molar-refractivity contribution in [3.63, 3.8) is 0 Å². The van der Waals surface area contributed by atoms with Gasteiger partial charge in [0.05, 0.1) is 18.2 Å². The van der Waals surface area contributed by atoms with E-state index in [4.69, 9.17) is 4.74 Å². The van der Waals surface area contributed by atoms with E-state index in [0.29, 0.717) is 25.6 Å². The lowest BCUT2D eigenvalue weighted by Gasteiger charge is -2.15. The summed E-state index contributed by atoms with van der Waals surface area (Å²) in [6.45, 7) is 4.69. The molecule has 1 aliphatic rings. The highest BCUT2D eigenvalue weighted by molar-refractivity contribution is 5.79. The smallest absolute Gasteiger partial charge is 0.376 e. The van der Waals surface area contributed by atoms with E-state index in [-0.39, 0.29) is 18.5 Å². The van der Waals surface area contributed by atoms with Crippen LogP contribution in [0.2, 0.25) is 0 Å². The number of hydrogen-bond acceptors (Lipinski definition) is 4. The van der Waals surface area contributed by atoms with Crippen LogP contribution in [0.4, 0.5) is 19.0 Å². The Morgan fingerprint density at radius 3 is 2.88 bits per heavy atom. The molecule has 0 spiro atoms. The second-order valence-electron chi connectivity index (χ2n) is 5.61. The fourth-order valence-corrected chi connectivity index (χ4v) is 2.46. The maximum Gasteiger partial charge on any atom is 0.419 e. The van der Waals surface area contributed by atoms with Crippen molar-refractivity contribution in [2.45, 2.75) is 32.0 Å². The summed E-state index contributed by atoms with van der Waals surface area (Å²) >= 11 is 0. The lowest BCUT2D eigenvalue weighted by Crippen LogP contribution is -2.40. The topological polar surface area (TPSA) is 70.6 Å². The minimum atomic E-state index is -4.43. The summed E-state index contributed by atoms with van der Waals surface area (Å²) in [5.41, 5.74) is -0.769. The summed E-state index contributed by atoms with van der Waals surface area (Å²) in [7, 11) is 0. The van der Waals surface area contributed by atoms with Crippen LogP contribution >= 0.6 is 0 Å². The molecule has 1 unspecified atom stereocenters. The summed E-state index contributed by atoms with van der Waals surface area (Å²) < 4.78 is 44.2. The van der Waals surface area contributed by atoms with Crippen molar-refractivity contribution in [1.29, 1.82) is 0 Å². The van der Waals surface area contributed by atoms with E-state index in [1.807, 2.05) is 6.92 Å². The van der Waals surface area contributed by atoms with Gasteiger partial charge in [-0.1, -0.05) is 0 Å². The van der Waals surface area contributed by atoms with E-state index >= 15 is 0 Å². The predicted octanol–water partition coefficient (Wildman–Crippen LogP) is 2.25. The molecule has 1 aromatic rings. The Hall–Kier alpha value is -2.03. The fraction of sp³-hybridized carbons (Fsp3) is 0.625. The third-order valence-electron chi connectivity index (χ3n) is 3.64. The Kier molecular flexibility index (Phi) is 7.30. The maximum absolute atomic E-state index is 12.9. The van der Waals surface area contributed by atoms with Crippen LogP contribution < -0.4 is 16.0 Å². The molecule has 1 saturated heterocycles. The maximum atomic E-state index is 12.9. The zero-order chi connectivity index (χ0) is 18.1. The first-order valence-corrected chi connectivity index (χ1v) is 8.40. The van der Waals surface area contributed by atoms with Crippen LogP contribution in [0.1, 0.15) is 25.3 Å². The minimum Gasteiger partial charge on any atom is -0.376 e. The van der Waals surface area contributed by atoms with Gasteiger partial charge in [-0.3, -0.25) is 4.99 Å². The molecule has 6 nitrogen and oxygen atoms in total. The van der Waals surface area contributed by atoms with Gasteiger partial charge < -0.3 is 20.7 Å². The molecule has 2 heterocycles. The quantitative estimate of drug-likeness (QED) is 0.396. The second-order valence-corrected chi connectivity index (χ2v) is 5.61. The van der Waals surface area contributed by atoms with E-state index in [1.54, 1.807) is 0 Å². The summed E-state index contributed by atoms with van der Waals surface area (Å²) in [5.74, 6) is 0.454. The number of hydrogen-bond donors (Lipinski definition) is 3. The van der Waals surface area contributed by atoms with Crippen LogP contribution in [-0.4, -0.2) is 49.8 Å². The Balaban J connectivity index is 1.81. The standard InChI is InChI=1S/C16H24F3N5O/c1-2-20-15(24-11-12-5-4-10-25-12)23-9-8-22-14-13(16(17,18)19)6-3-7-21-14/h3,6-7,12H,2,4-5,8-11H2,1H3,(H,21,22)(H2,20,23,24). The lowest BCUT2D eigenvalue weighted by molar-refractivity contribution is -0.137. The van der Waals surface area contributed by atoms with E-state index in [2.05, 4.69) is 25.9 Å². The van der Waals surface area contributed by atoms with Gasteiger partial charge in [-0.2, -0.15) is 13.2 Å². The first kappa shape index (κ1) is 19.3. The molecule has 140 valence electrons. The van der Waals surface area contributed by atoms with Gasteiger partial charge >= 0.3 is 6.18 Å². The number of aromatic nitrogens is 1. The number of nitrogens with zero attached hydrogens (tertiary/aromatic N) is 2. The molecule has 0 saturated carbocycles. The molecule has 9 heteroatoms. The highest BCUT2D eigenvalue weighted by Crippen LogP contribution is 2.33. The molecule has 0 aliphatic carbocycles. The van der Waals surface area contributed by atoms with Gasteiger partial charge in [-0.05, 0) is 31.9 Å². The van der Waals surface area contributed by atoms with Gasteiger partial charge in [0.2, 0.25) is 0 Å². The summed E-state index contributed by atoms with van der Waals surface area (Å²) in [6.07, 6.45) is -0.888. The third kappa shape index (κ3) is 6.41. The van der Waals surface area contributed by atoms with E-state index in [0.717, 1.165) is 25.5 Å². The molecule has 1 aromatic heterocycles. The number of ether oxygens (including phenoxy) is 1. The lowest BCUT2D eigenvalue weighted by atomic mass is 10.2. The Labute approximate surface area is 145 Å². The first-order valence-electron chi connectivity index (χ1n) is 8.40. The second kappa shape index (κ2) is 9.45. The molecule has 25 heavy (non-hydrogen) atoms. The average Bonchev–Trinajstić information content (AvgIpc) is 3.09. The van der Waals surface area contributed by atoms with Crippen LogP contribution in [0.15, 0.2) is 23.3 Å². The summed E-state index contributed by atoms with van der Waals surface area (Å²) in [4.78, 5) is 8.21. The first-order chi connectivity index (χ1) is 12.0. The third-order valence-corrected chi connectivity index (χ3v) is 3.64. The molecule has 1 fully saturated rings. The van der Waals surface area contributed by atoms with Crippen molar-refractivity contribution in [3.05, 3.63) is 23.9 Å². The van der Waals surface area contributed by atoms with E-state index in [9.17, 15) is 13.2 Å². The molecule has 0 radical (unpaired) electrons. The van der Waals surface area contributed by atoms with Crippen molar-refractivity contribution in [1.82, 2.24) is 15.6 Å². The predicted molar refractivity (Wildman–Crippen MR) is 90.7 cm³/mol. The zero-order valence-electron chi connectivity index (χ0n) is 14.2. The number of guanidine groups is 1. The Morgan fingerprint density at radius 2 is 2.20 bits per heavy atom. The zero-order valence-corrected chi connectivity index (χ0v) is 14.2. The Morgan fingerprint density at radius 1 is 1.36 bits per heavy atom. The average molecular weight is 359 g/mol. The molecular formula is C16H24F3N5O. The van der Waals surface area contributed by atoms with Crippen molar-refractivity contribution in [2.75, 3.05) is 38.1 Å². The number of nitrogens with one attached hydrogen (secondary N) is 3. The van der Waals surface area contributed by atoms with Gasteiger partial charge in [-0.25, -0.2) is 4.98 Å². The van der Waals surface area contributed by atoms with Gasteiger partial charge in [0.15, 0.2) is 5.96 Å². The number of rotatable bonds is 7. The fourth-order valence-electron chi connectivity index (χ4n) is 2.46. The molecular weight excluding hydrogens is 335 g/mol. The molecule has 0 aromatic carbocycles. The molecule has 1 atom stereocenters. The van der Waals surface area contributed by atoms with Gasteiger partial charge in [0.1, 0.15) is 5.82 Å². The number of anilines is 1. The number of halogens is 3. The molecule has 2 rings (SSSR count). The summed E-state index contributed by atoms with van der Waals surface area (Å²) in [6, 6.07) is 2.28. The van der Waals surface area contributed by atoms with Crippen molar-refractivity contribution < 1.29 is 17.9 Å². The van der Waals surface area contributed by atoms with E-state index in [1.165, 1.54) is 12.3 Å². The number of pyridine rings is 1. The van der Waals surface area contributed by atoms with Crippen molar-refractivity contribution in [3.8, 4) is 0 Å². The van der Waals surface area contributed by atoms with E-state index < -0.39 is 11.7 Å². The molecule has 3 N–H and O–H groups in total. The van der Waals surface area contributed by atoms with Crippen LogP contribution in [0.25, 0.3) is 0 Å². The Bertz CT molecular complexity index is 559.